The van der Waals surface area contributed by atoms with Crippen molar-refractivity contribution in [2.75, 3.05) is 19.8 Å². The van der Waals surface area contributed by atoms with E-state index in [-0.39, 0.29) is 11.9 Å². The number of hydrogen-bond acceptors (Lipinski definition) is 4. The molecule has 2 rings (SSSR count). The fourth-order valence-electron chi connectivity index (χ4n) is 2.87. The van der Waals surface area contributed by atoms with Crippen molar-refractivity contribution >= 4 is 18.1 Å². The number of rotatable bonds is 8. The molecule has 1 aromatic carbocycles. The van der Waals surface area contributed by atoms with Crippen LogP contribution >= 0.6 is 0 Å². The number of ether oxygens (including phenoxy) is 2. The minimum absolute atomic E-state index is 0.163. The van der Waals surface area contributed by atoms with Gasteiger partial charge < -0.3 is 20.1 Å². The number of nitrogens with one attached hydrogen (secondary N) is 2. The topological polar surface area (TPSA) is 76.7 Å². The number of hydrogen-bond donors (Lipinski definition) is 2. The maximum absolute atomic E-state index is 12.1. The largest absolute Gasteiger partial charge is 0.493 e. The van der Waals surface area contributed by atoms with E-state index in [1.165, 1.54) is 11.6 Å². The molecule has 1 unspecified atom stereocenters. The van der Waals surface area contributed by atoms with Gasteiger partial charge in [0.15, 0.2) is 0 Å². The van der Waals surface area contributed by atoms with Crippen LogP contribution in [0.4, 0.5) is 4.79 Å². The number of alkyl carbamates (subject to hydrolysis) is 1. The van der Waals surface area contributed by atoms with E-state index in [4.69, 9.17) is 9.47 Å². The Morgan fingerprint density at radius 1 is 1.35 bits per heavy atom. The Labute approximate surface area is 154 Å². The van der Waals surface area contributed by atoms with Crippen LogP contribution in [0.5, 0.6) is 5.75 Å². The summed E-state index contributed by atoms with van der Waals surface area (Å²) in [6, 6.07) is 5.74. The molecule has 1 atom stereocenters. The maximum Gasteiger partial charge on any atom is 0.407 e. The summed E-state index contributed by atoms with van der Waals surface area (Å²) in [5.41, 5.74) is 2.14. The van der Waals surface area contributed by atoms with E-state index in [9.17, 15) is 9.59 Å². The minimum atomic E-state index is -0.455. The lowest BCUT2D eigenvalue weighted by Crippen LogP contribution is -2.44. The van der Waals surface area contributed by atoms with E-state index >= 15 is 0 Å². The zero-order valence-corrected chi connectivity index (χ0v) is 15.7. The molecule has 1 heterocycles. The molecule has 1 aliphatic heterocycles. The molecule has 6 heteroatoms. The van der Waals surface area contributed by atoms with Crippen molar-refractivity contribution in [3.05, 3.63) is 35.4 Å². The Bertz CT molecular complexity index is 655. The first-order valence-corrected chi connectivity index (χ1v) is 9.12. The zero-order chi connectivity index (χ0) is 18.9. The molecule has 6 nitrogen and oxygen atoms in total. The van der Waals surface area contributed by atoms with Crippen molar-refractivity contribution in [1.29, 1.82) is 0 Å². The van der Waals surface area contributed by atoms with E-state index in [0.29, 0.717) is 25.7 Å². The van der Waals surface area contributed by atoms with Crippen LogP contribution in [0.1, 0.15) is 38.3 Å². The van der Waals surface area contributed by atoms with Gasteiger partial charge in [0.1, 0.15) is 5.75 Å². The summed E-state index contributed by atoms with van der Waals surface area (Å²) in [5, 5.41) is 5.63. The smallest absolute Gasteiger partial charge is 0.407 e. The van der Waals surface area contributed by atoms with Crippen LogP contribution in [0.25, 0.3) is 6.08 Å². The third-order valence-corrected chi connectivity index (χ3v) is 4.02. The van der Waals surface area contributed by atoms with Crippen molar-refractivity contribution in [3.63, 3.8) is 0 Å². The van der Waals surface area contributed by atoms with Gasteiger partial charge in [-0.1, -0.05) is 19.9 Å². The van der Waals surface area contributed by atoms with Crippen molar-refractivity contribution < 1.29 is 19.1 Å². The molecule has 0 aromatic heterocycles. The summed E-state index contributed by atoms with van der Waals surface area (Å²) < 4.78 is 10.4. The second-order valence-corrected chi connectivity index (χ2v) is 6.74. The van der Waals surface area contributed by atoms with E-state index < -0.39 is 6.09 Å². The lowest BCUT2D eigenvalue weighted by molar-refractivity contribution is -0.116. The van der Waals surface area contributed by atoms with Gasteiger partial charge in [-0.15, -0.1) is 0 Å². The standard InChI is InChI=1S/C20H28N2O4/c1-4-25-20(24)22-17(11-14(2)3)13-21-19(23)8-6-15-5-7-18-16(12-15)9-10-26-18/h5-8,12,14,17H,4,9-11,13H2,1-3H3,(H,21,23)(H,22,24). The molecule has 2 amide bonds. The number of fused-ring (bicyclic) bond motifs is 1. The summed E-state index contributed by atoms with van der Waals surface area (Å²) in [7, 11) is 0. The van der Waals surface area contributed by atoms with Gasteiger partial charge in [0, 0.05) is 25.1 Å². The molecule has 0 aliphatic carbocycles. The molecular weight excluding hydrogens is 332 g/mol. The minimum Gasteiger partial charge on any atom is -0.493 e. The average Bonchev–Trinajstić information content (AvgIpc) is 3.05. The van der Waals surface area contributed by atoms with Gasteiger partial charge in [0.25, 0.3) is 0 Å². The van der Waals surface area contributed by atoms with Gasteiger partial charge >= 0.3 is 6.09 Å². The van der Waals surface area contributed by atoms with Gasteiger partial charge in [-0.05, 0) is 48.6 Å². The highest BCUT2D eigenvalue weighted by Crippen LogP contribution is 2.26. The first-order valence-electron chi connectivity index (χ1n) is 9.12. The summed E-state index contributed by atoms with van der Waals surface area (Å²) in [6.45, 7) is 7.29. The number of carbonyl (C=O) groups excluding carboxylic acids is 2. The lowest BCUT2D eigenvalue weighted by atomic mass is 10.0. The Morgan fingerprint density at radius 2 is 2.15 bits per heavy atom. The molecule has 1 aliphatic rings. The van der Waals surface area contributed by atoms with Gasteiger partial charge in [0.2, 0.25) is 5.91 Å². The van der Waals surface area contributed by atoms with Gasteiger partial charge in [-0.3, -0.25) is 4.79 Å². The summed E-state index contributed by atoms with van der Waals surface area (Å²) >= 11 is 0. The second-order valence-electron chi connectivity index (χ2n) is 6.74. The molecule has 0 bridgehead atoms. The number of amides is 2. The van der Waals surface area contributed by atoms with Gasteiger partial charge in [-0.25, -0.2) is 4.79 Å². The predicted molar refractivity (Wildman–Crippen MR) is 101 cm³/mol. The Kier molecular flexibility index (Phi) is 7.51. The van der Waals surface area contributed by atoms with E-state index in [1.54, 1.807) is 13.0 Å². The molecule has 0 saturated carbocycles. The monoisotopic (exact) mass is 360 g/mol. The first-order chi connectivity index (χ1) is 12.5. The maximum atomic E-state index is 12.1. The molecule has 0 fully saturated rings. The highest BCUT2D eigenvalue weighted by molar-refractivity contribution is 5.91. The molecule has 1 aromatic rings. The van der Waals surface area contributed by atoms with E-state index in [1.807, 2.05) is 18.2 Å². The van der Waals surface area contributed by atoms with Crippen molar-refractivity contribution in [2.45, 2.75) is 39.7 Å². The highest BCUT2D eigenvalue weighted by atomic mass is 16.5. The SMILES string of the molecule is CCOC(=O)NC(CNC(=O)C=Cc1ccc2c(c1)CCO2)CC(C)C. The molecule has 142 valence electrons. The Morgan fingerprint density at radius 3 is 2.88 bits per heavy atom. The Hall–Kier alpha value is -2.50. The Balaban J connectivity index is 1.85. The molecule has 0 radical (unpaired) electrons. The van der Waals surface area contributed by atoms with E-state index in [0.717, 1.165) is 24.2 Å². The summed E-state index contributed by atoms with van der Waals surface area (Å²) in [4.78, 5) is 23.7. The zero-order valence-electron chi connectivity index (χ0n) is 15.7. The molecular formula is C20H28N2O4. The van der Waals surface area contributed by atoms with E-state index in [2.05, 4.69) is 24.5 Å². The number of carbonyl (C=O) groups is 2. The average molecular weight is 360 g/mol. The predicted octanol–water partition coefficient (Wildman–Crippen LogP) is 2.91. The van der Waals surface area contributed by atoms with Crippen LogP contribution in [-0.4, -0.2) is 37.8 Å². The quantitative estimate of drug-likeness (QED) is 0.699. The summed E-state index contributed by atoms with van der Waals surface area (Å²) in [5.74, 6) is 1.12. The van der Waals surface area contributed by atoms with Crippen LogP contribution in [0.3, 0.4) is 0 Å². The molecule has 2 N–H and O–H groups in total. The lowest BCUT2D eigenvalue weighted by Gasteiger charge is -2.20. The third-order valence-electron chi connectivity index (χ3n) is 4.02. The van der Waals surface area contributed by atoms with Crippen LogP contribution in [-0.2, 0) is 16.0 Å². The van der Waals surface area contributed by atoms with Crippen LogP contribution in [0.15, 0.2) is 24.3 Å². The van der Waals surface area contributed by atoms with Crippen molar-refractivity contribution in [3.8, 4) is 5.75 Å². The highest BCUT2D eigenvalue weighted by Gasteiger charge is 2.15. The second kappa shape index (κ2) is 9.85. The third kappa shape index (κ3) is 6.43. The normalized spacial score (nSPS) is 14.0. The van der Waals surface area contributed by atoms with Crippen LogP contribution in [0.2, 0.25) is 0 Å². The summed E-state index contributed by atoms with van der Waals surface area (Å²) in [6.07, 6.45) is 4.49. The fraction of sp³-hybridized carbons (Fsp3) is 0.500. The molecule has 0 spiro atoms. The number of benzene rings is 1. The van der Waals surface area contributed by atoms with Gasteiger partial charge in [0.05, 0.1) is 13.2 Å². The molecule has 0 saturated heterocycles. The first kappa shape index (κ1) is 19.8. The molecule has 26 heavy (non-hydrogen) atoms. The van der Waals surface area contributed by atoms with Crippen molar-refractivity contribution in [1.82, 2.24) is 10.6 Å². The fourth-order valence-corrected chi connectivity index (χ4v) is 2.87. The van der Waals surface area contributed by atoms with Gasteiger partial charge in [-0.2, -0.15) is 0 Å². The van der Waals surface area contributed by atoms with Crippen molar-refractivity contribution in [2.24, 2.45) is 5.92 Å². The van der Waals surface area contributed by atoms with Crippen LogP contribution in [0, 0.1) is 5.92 Å². The van der Waals surface area contributed by atoms with Crippen LogP contribution < -0.4 is 15.4 Å².